The van der Waals surface area contributed by atoms with Crippen molar-refractivity contribution in [2.75, 3.05) is 0 Å². The molecule has 6 aromatic heterocycles. The molecule has 8 heteroatoms. The normalized spacial score (nSPS) is 11.9. The van der Waals surface area contributed by atoms with E-state index in [1.807, 2.05) is 60.7 Å². The first-order valence-corrected chi connectivity index (χ1v) is 32.9. The molecule has 6 heterocycles. The fourth-order valence-electron chi connectivity index (χ4n) is 14.8. The van der Waals surface area contributed by atoms with Crippen molar-refractivity contribution in [2.24, 2.45) is 0 Å². The largest absolute Gasteiger partial charge is 0.455 e. The van der Waals surface area contributed by atoms with Crippen molar-refractivity contribution in [3.8, 4) is 112 Å². The van der Waals surface area contributed by atoms with Crippen LogP contribution in [0.4, 0.5) is 0 Å². The van der Waals surface area contributed by atoms with Crippen molar-refractivity contribution in [1.29, 1.82) is 0 Å². The molecule has 0 aliphatic rings. The molecule has 8 nitrogen and oxygen atoms in total. The van der Waals surface area contributed by atoms with Crippen LogP contribution in [0, 0.1) is 0 Å². The minimum absolute atomic E-state index is 0.563. The molecule has 98 heavy (non-hydrogen) atoms. The Kier molecular flexibility index (Phi) is 12.5. The molecule has 0 fully saturated rings. The summed E-state index contributed by atoms with van der Waals surface area (Å²) in [5.74, 6) is 1.13. The van der Waals surface area contributed by atoms with Gasteiger partial charge >= 0.3 is 0 Å². The monoisotopic (exact) mass is 1250 g/mol. The second-order valence-corrected chi connectivity index (χ2v) is 25.0. The van der Waals surface area contributed by atoms with Crippen LogP contribution in [0.3, 0.4) is 0 Å². The van der Waals surface area contributed by atoms with Crippen LogP contribution in [-0.2, 0) is 0 Å². The maximum atomic E-state index is 7.03. The number of para-hydroxylation sites is 7. The number of rotatable bonds is 10. The molecule has 0 aliphatic heterocycles. The average Bonchev–Trinajstić information content (AvgIpc) is 1.49. The molecule has 0 radical (unpaired) electrons. The Morgan fingerprint density at radius 1 is 0.173 bits per heavy atom. The van der Waals surface area contributed by atoms with E-state index in [4.69, 9.17) is 37.6 Å². The maximum Gasteiger partial charge on any atom is 0.161 e. The number of nitrogens with zero attached hydrogens (tertiary/aromatic N) is 4. The second-order valence-electron chi connectivity index (χ2n) is 25.0. The first kappa shape index (κ1) is 55.2. The summed E-state index contributed by atoms with van der Waals surface area (Å²) < 4.78 is 27.2. The van der Waals surface area contributed by atoms with Gasteiger partial charge < -0.3 is 17.7 Å². The topological polar surface area (TPSA) is 104 Å². The lowest BCUT2D eigenvalue weighted by Crippen LogP contribution is -1.98. The van der Waals surface area contributed by atoms with Gasteiger partial charge in [0.1, 0.15) is 44.7 Å². The van der Waals surface area contributed by atoms with Crippen molar-refractivity contribution in [1.82, 2.24) is 19.9 Å². The Bertz CT molecular complexity index is 6520. The quantitative estimate of drug-likeness (QED) is 0.133. The summed E-state index contributed by atoms with van der Waals surface area (Å²) in [6, 6.07) is 110. The number of furan rings is 4. The van der Waals surface area contributed by atoms with E-state index in [9.17, 15) is 0 Å². The van der Waals surface area contributed by atoms with Crippen LogP contribution in [-0.4, -0.2) is 19.9 Å². The first-order valence-electron chi connectivity index (χ1n) is 32.9. The third-order valence-corrected chi connectivity index (χ3v) is 19.4. The summed E-state index contributed by atoms with van der Waals surface area (Å²) in [4.78, 5) is 22.4. The zero-order valence-electron chi connectivity index (χ0n) is 52.4. The lowest BCUT2D eigenvalue weighted by molar-refractivity contribution is 0.669. The van der Waals surface area contributed by atoms with Gasteiger partial charge in [-0.05, 0) is 128 Å². The standard InChI is InChI=1S/C90H52N4O4/c1-2-22-53(23-3-1)57-25-4-5-26-58(57)59-27-6-8-33-69(59)90-93-79(73-41-21-38-68-64-31-12-16-44-83(64)97-87(68)73)52-80(94-90)76-50-56(49-75-65-32-13-17-45-84(65)98-88(75)76)55-47-46-54-24-18-35-61(74(54)48-55)60-28-7-9-34-70(60)89-91-77(71-39-19-36-66-62-29-10-14-42-81(62)95-85(66)71)51-78(92-89)72-40-20-37-67-63-30-11-15-43-82(63)96-86(67)72/h1-52H. The molecule has 456 valence electrons. The highest BCUT2D eigenvalue weighted by atomic mass is 16.3. The Morgan fingerprint density at radius 2 is 0.510 bits per heavy atom. The van der Waals surface area contributed by atoms with E-state index in [1.165, 1.54) is 0 Å². The third-order valence-electron chi connectivity index (χ3n) is 19.4. The van der Waals surface area contributed by atoms with Gasteiger partial charge in [-0.15, -0.1) is 0 Å². The molecule has 0 bridgehead atoms. The summed E-state index contributed by atoms with van der Waals surface area (Å²) in [7, 11) is 0. The molecule has 20 rings (SSSR count). The zero-order valence-corrected chi connectivity index (χ0v) is 52.4. The van der Waals surface area contributed by atoms with Gasteiger partial charge in [-0.3, -0.25) is 0 Å². The fraction of sp³-hybridized carbons (Fsp3) is 0. The molecule has 0 N–H and O–H groups in total. The minimum atomic E-state index is 0.563. The Labute approximate surface area is 560 Å². The van der Waals surface area contributed by atoms with E-state index >= 15 is 0 Å². The van der Waals surface area contributed by atoms with E-state index in [1.54, 1.807) is 0 Å². The van der Waals surface area contributed by atoms with Gasteiger partial charge in [0.2, 0.25) is 0 Å². The highest BCUT2D eigenvalue weighted by Gasteiger charge is 2.25. The van der Waals surface area contributed by atoms with Gasteiger partial charge in [-0.25, -0.2) is 19.9 Å². The second kappa shape index (κ2) is 22.2. The Morgan fingerprint density at radius 3 is 1.00 bits per heavy atom. The van der Waals surface area contributed by atoms with Crippen LogP contribution in [0.25, 0.3) is 211 Å². The Hall–Kier alpha value is -13.3. The molecule has 0 saturated heterocycles. The van der Waals surface area contributed by atoms with Gasteiger partial charge in [-0.2, -0.15) is 0 Å². The fourth-order valence-corrected chi connectivity index (χ4v) is 14.8. The molecule has 0 aliphatic carbocycles. The summed E-state index contributed by atoms with van der Waals surface area (Å²) in [6.07, 6.45) is 0. The number of benzene rings is 14. The maximum absolute atomic E-state index is 7.03. The molecule has 0 unspecified atom stereocenters. The summed E-state index contributed by atoms with van der Waals surface area (Å²) >= 11 is 0. The van der Waals surface area contributed by atoms with E-state index < -0.39 is 0 Å². The first-order chi connectivity index (χ1) is 48.6. The van der Waals surface area contributed by atoms with Crippen LogP contribution < -0.4 is 0 Å². The number of hydrogen-bond donors (Lipinski definition) is 0. The molecular formula is C90H52N4O4. The average molecular weight is 1250 g/mol. The highest BCUT2D eigenvalue weighted by molar-refractivity contribution is 6.15. The molecule has 0 saturated carbocycles. The molecule has 0 spiro atoms. The van der Waals surface area contributed by atoms with Crippen molar-refractivity contribution in [3.63, 3.8) is 0 Å². The SMILES string of the molecule is c1ccc(-c2ccccc2-c2ccccc2-c2nc(-c3cccc4c3oc3ccccc34)cc(-c3cc(-c4ccc5cccc(-c6ccccc6-c6nc(-c7cccc8c7oc7ccccc78)cc(-c7cccc8c7oc7ccccc78)n6)c5c4)cc4c3oc3ccccc34)n2)cc1. The van der Waals surface area contributed by atoms with Crippen LogP contribution in [0.2, 0.25) is 0 Å². The van der Waals surface area contributed by atoms with E-state index in [0.717, 1.165) is 188 Å². The van der Waals surface area contributed by atoms with Gasteiger partial charge in [0.15, 0.2) is 11.6 Å². The molecular weight excluding hydrogens is 1200 g/mol. The molecule has 20 aromatic rings. The minimum Gasteiger partial charge on any atom is -0.455 e. The van der Waals surface area contributed by atoms with E-state index in [0.29, 0.717) is 23.0 Å². The number of hydrogen-bond acceptors (Lipinski definition) is 8. The van der Waals surface area contributed by atoms with E-state index in [2.05, 4.69) is 255 Å². The van der Waals surface area contributed by atoms with Crippen LogP contribution in [0.5, 0.6) is 0 Å². The van der Waals surface area contributed by atoms with Crippen molar-refractivity contribution in [3.05, 3.63) is 315 Å². The Balaban J connectivity index is 0.783. The highest BCUT2D eigenvalue weighted by Crippen LogP contribution is 2.47. The van der Waals surface area contributed by atoms with Crippen LogP contribution in [0.15, 0.2) is 333 Å². The van der Waals surface area contributed by atoms with Crippen LogP contribution in [0.1, 0.15) is 0 Å². The number of fused-ring (bicyclic) bond motifs is 13. The van der Waals surface area contributed by atoms with Gasteiger partial charge in [0, 0.05) is 76.5 Å². The summed E-state index contributed by atoms with van der Waals surface area (Å²) in [6.45, 7) is 0. The van der Waals surface area contributed by atoms with Crippen molar-refractivity contribution in [2.45, 2.75) is 0 Å². The smallest absolute Gasteiger partial charge is 0.161 e. The predicted octanol–water partition coefficient (Wildman–Crippen LogP) is 24.7. The number of aromatic nitrogens is 4. The lowest BCUT2D eigenvalue weighted by Gasteiger charge is -2.16. The molecule has 0 amide bonds. The molecule has 14 aromatic carbocycles. The third kappa shape index (κ3) is 8.92. The van der Waals surface area contributed by atoms with E-state index in [-0.39, 0.29) is 0 Å². The van der Waals surface area contributed by atoms with Crippen LogP contribution >= 0.6 is 0 Å². The zero-order chi connectivity index (χ0) is 64.4. The summed E-state index contributed by atoms with van der Waals surface area (Å²) in [5.41, 5.74) is 22.5. The van der Waals surface area contributed by atoms with Gasteiger partial charge in [-0.1, -0.05) is 243 Å². The van der Waals surface area contributed by atoms with Crippen molar-refractivity contribution < 1.29 is 17.7 Å². The lowest BCUT2D eigenvalue weighted by atomic mass is 9.91. The van der Waals surface area contributed by atoms with Gasteiger partial charge in [0.25, 0.3) is 0 Å². The summed E-state index contributed by atoms with van der Waals surface area (Å²) in [5, 5.41) is 10.3. The van der Waals surface area contributed by atoms with Crippen molar-refractivity contribution >= 4 is 98.5 Å². The molecule has 0 atom stereocenters. The van der Waals surface area contributed by atoms with Gasteiger partial charge in [0.05, 0.1) is 22.8 Å². The predicted molar refractivity (Wildman–Crippen MR) is 399 cm³/mol.